The van der Waals surface area contributed by atoms with Crippen LogP contribution in [0.5, 0.6) is 6.01 Å². The summed E-state index contributed by atoms with van der Waals surface area (Å²) in [6, 6.07) is 10.7. The Morgan fingerprint density at radius 1 is 1.23 bits per heavy atom. The molecule has 1 amide bonds. The van der Waals surface area contributed by atoms with Crippen molar-refractivity contribution in [3.63, 3.8) is 0 Å². The predicted molar refractivity (Wildman–Crippen MR) is 168 cm³/mol. The normalized spacial score (nSPS) is 19.2. The number of nitrogens with one attached hydrogen (secondary N) is 1. The lowest BCUT2D eigenvalue weighted by molar-refractivity contribution is -0.128. The van der Waals surface area contributed by atoms with E-state index in [1.54, 1.807) is 11.2 Å². The van der Waals surface area contributed by atoms with E-state index >= 15 is 0 Å². The van der Waals surface area contributed by atoms with Crippen LogP contribution in [0.3, 0.4) is 0 Å². The van der Waals surface area contributed by atoms with Crippen molar-refractivity contribution >= 4 is 44.5 Å². The Kier molecular flexibility index (Phi) is 7.14. The molecule has 2 aliphatic heterocycles. The quantitative estimate of drug-likeness (QED) is 0.266. The zero-order chi connectivity index (χ0) is 30.4. The summed E-state index contributed by atoms with van der Waals surface area (Å²) in [4.78, 5) is 28.7. The highest BCUT2D eigenvalue weighted by molar-refractivity contribution is 6.16. The number of H-pyrrole nitrogens is 1. The summed E-state index contributed by atoms with van der Waals surface area (Å²) in [5, 5.41) is 19.7. The molecule has 0 aliphatic carbocycles. The number of likely N-dealkylation sites (tertiary alicyclic amines) is 1. The number of carbonyl (C=O) groups excluding carboxylic acids is 1. The van der Waals surface area contributed by atoms with E-state index in [1.165, 1.54) is 6.08 Å². The minimum atomic E-state index is -0.312. The van der Waals surface area contributed by atoms with Gasteiger partial charge in [-0.1, -0.05) is 12.6 Å². The second kappa shape index (κ2) is 11.3. The molecule has 2 fully saturated rings. The van der Waals surface area contributed by atoms with Crippen molar-refractivity contribution in [1.29, 1.82) is 5.26 Å². The monoisotopic (exact) mass is 590 g/mol. The molecule has 5 aromatic rings. The first kappa shape index (κ1) is 27.9. The Morgan fingerprint density at radius 3 is 2.91 bits per heavy atom. The molecule has 0 radical (unpaired) electrons. The van der Waals surface area contributed by atoms with E-state index in [2.05, 4.69) is 58.7 Å². The number of rotatable bonds is 7. The molecule has 2 atom stereocenters. The van der Waals surface area contributed by atoms with Gasteiger partial charge in [-0.25, -0.2) is 0 Å². The van der Waals surface area contributed by atoms with Crippen LogP contribution in [0.1, 0.15) is 24.8 Å². The third-order valence-corrected chi connectivity index (χ3v) is 9.11. The van der Waals surface area contributed by atoms with Crippen molar-refractivity contribution in [3.05, 3.63) is 54.9 Å². The van der Waals surface area contributed by atoms with Crippen LogP contribution < -0.4 is 9.64 Å². The maximum Gasteiger partial charge on any atom is 0.319 e. The van der Waals surface area contributed by atoms with Crippen LogP contribution in [0.25, 0.3) is 43.9 Å². The molecule has 11 nitrogen and oxygen atoms in total. The molecule has 2 aliphatic rings. The number of hydrogen-bond donors (Lipinski definition) is 1. The van der Waals surface area contributed by atoms with E-state index < -0.39 is 0 Å². The molecule has 224 valence electrons. The lowest BCUT2D eigenvalue weighted by Gasteiger charge is -2.41. The molecule has 5 heterocycles. The lowest BCUT2D eigenvalue weighted by atomic mass is 9.93. The van der Waals surface area contributed by atoms with E-state index in [9.17, 15) is 10.1 Å². The molecule has 0 spiro atoms. The minimum Gasteiger partial charge on any atom is -0.463 e. The van der Waals surface area contributed by atoms with Crippen molar-refractivity contribution in [3.8, 4) is 23.2 Å². The van der Waals surface area contributed by atoms with Crippen molar-refractivity contribution in [2.45, 2.75) is 38.3 Å². The van der Waals surface area contributed by atoms with Crippen LogP contribution in [0.15, 0.2) is 53.8 Å². The van der Waals surface area contributed by atoms with Gasteiger partial charge in [-0.05, 0) is 74.3 Å². The summed E-state index contributed by atoms with van der Waals surface area (Å²) in [5.41, 5.74) is 5.48. The Morgan fingerprint density at radius 2 is 2.11 bits per heavy atom. The minimum absolute atomic E-state index is 0.177. The Bertz CT molecular complexity index is 1940. The van der Waals surface area contributed by atoms with Crippen LogP contribution in [0.4, 0.5) is 5.82 Å². The van der Waals surface area contributed by atoms with Crippen LogP contribution in [-0.2, 0) is 4.79 Å². The number of piperazine rings is 1. The van der Waals surface area contributed by atoms with Gasteiger partial charge in [0.15, 0.2) is 0 Å². The summed E-state index contributed by atoms with van der Waals surface area (Å²) in [6.45, 7) is 8.68. The number of benzene rings is 2. The highest BCUT2D eigenvalue weighted by Gasteiger charge is 2.32. The van der Waals surface area contributed by atoms with Crippen molar-refractivity contribution in [2.24, 2.45) is 0 Å². The molecule has 2 aromatic carbocycles. The maximum absolute atomic E-state index is 12.6. The third kappa shape index (κ3) is 4.72. The maximum atomic E-state index is 12.6. The largest absolute Gasteiger partial charge is 0.463 e. The van der Waals surface area contributed by atoms with Gasteiger partial charge in [0.1, 0.15) is 18.0 Å². The summed E-state index contributed by atoms with van der Waals surface area (Å²) >= 11 is 0. The topological polar surface area (TPSA) is 127 Å². The first-order chi connectivity index (χ1) is 21.5. The van der Waals surface area contributed by atoms with Crippen LogP contribution in [-0.4, -0.2) is 87.8 Å². The molecule has 7 rings (SSSR count). The highest BCUT2D eigenvalue weighted by Crippen LogP contribution is 2.42. The van der Waals surface area contributed by atoms with Gasteiger partial charge in [0.25, 0.3) is 0 Å². The fourth-order valence-corrected chi connectivity index (χ4v) is 6.78. The molecular formula is C33H34N8O3. The lowest BCUT2D eigenvalue weighted by Crippen LogP contribution is -2.55. The number of ether oxygens (including phenoxy) is 1. The predicted octanol–water partition coefficient (Wildman–Crippen LogP) is 4.82. The fourth-order valence-electron chi connectivity index (χ4n) is 6.78. The highest BCUT2D eigenvalue weighted by atomic mass is 16.5. The zero-order valence-electron chi connectivity index (χ0n) is 24.9. The number of aromatic nitrogens is 4. The van der Waals surface area contributed by atoms with Crippen LogP contribution in [0.2, 0.25) is 0 Å². The second-order valence-electron chi connectivity index (χ2n) is 11.7. The van der Waals surface area contributed by atoms with Gasteiger partial charge in [-0.15, -0.1) is 0 Å². The van der Waals surface area contributed by atoms with E-state index in [-0.39, 0.29) is 18.4 Å². The molecule has 44 heavy (non-hydrogen) atoms. The smallest absolute Gasteiger partial charge is 0.319 e. The van der Waals surface area contributed by atoms with Crippen LogP contribution >= 0.6 is 0 Å². The van der Waals surface area contributed by atoms with E-state index in [0.717, 1.165) is 57.8 Å². The van der Waals surface area contributed by atoms with E-state index in [1.807, 2.05) is 18.3 Å². The zero-order valence-corrected chi connectivity index (χ0v) is 24.9. The van der Waals surface area contributed by atoms with E-state index in [0.29, 0.717) is 55.2 Å². The Balaban J connectivity index is 1.40. The number of aryl methyl sites for hydroxylation is 1. The van der Waals surface area contributed by atoms with Crippen molar-refractivity contribution in [2.75, 3.05) is 44.7 Å². The Hall–Kier alpha value is -4.95. The number of hydrogen-bond acceptors (Lipinski definition) is 9. The standard InChI is InChI=1S/C33H34N8O3/c1-4-28(42)41-14-13-40(18-21(41)9-11-34)32-30-27(36-33(37-32)44-19-22-6-5-12-39(22)3)16-24(23-10-15-43-31(23)30)29-20(2)7-8-26-25(29)17-35-38-26/h4,7-8,10,15-17,21-22H,1,5-6,9,12-14,18-19H2,2-3H3,(H,35,38)/t21-,22-/m0/s1. The third-order valence-electron chi connectivity index (χ3n) is 9.11. The number of likely N-dealkylation sites (N-methyl/N-ethyl adjacent to an activating group) is 1. The molecule has 2 saturated heterocycles. The summed E-state index contributed by atoms with van der Waals surface area (Å²) in [6.07, 6.45) is 7.26. The molecule has 11 heteroatoms. The number of aromatic amines is 1. The number of anilines is 1. The number of nitriles is 1. The molecule has 0 bridgehead atoms. The van der Waals surface area contributed by atoms with Gasteiger partial charge in [0.05, 0.1) is 47.4 Å². The molecule has 0 saturated carbocycles. The Labute approximate surface area is 254 Å². The number of nitrogens with zero attached hydrogens (tertiary/aromatic N) is 7. The first-order valence-electron chi connectivity index (χ1n) is 15.0. The SMILES string of the molecule is C=CC(=O)N1CCN(c2nc(OC[C@@H]3CCCN3C)nc3cc(-c4c(C)ccc5[nH]ncc45)c4ccoc4c23)C[C@@H]1CC#N. The summed E-state index contributed by atoms with van der Waals surface area (Å²) < 4.78 is 12.5. The number of carbonyl (C=O) groups is 1. The number of furan rings is 1. The number of fused-ring (bicyclic) bond motifs is 4. The number of amides is 1. The average Bonchev–Trinajstić information content (AvgIpc) is 3.80. The van der Waals surface area contributed by atoms with Gasteiger partial charge < -0.3 is 23.9 Å². The van der Waals surface area contributed by atoms with Gasteiger partial charge in [-0.2, -0.15) is 20.3 Å². The van der Waals surface area contributed by atoms with Crippen LogP contribution in [0, 0.1) is 18.3 Å². The van der Waals surface area contributed by atoms with Gasteiger partial charge in [-0.3, -0.25) is 9.89 Å². The molecule has 0 unspecified atom stereocenters. The molecule has 3 aromatic heterocycles. The summed E-state index contributed by atoms with van der Waals surface area (Å²) in [5.74, 6) is 0.493. The molecular weight excluding hydrogens is 556 g/mol. The van der Waals surface area contributed by atoms with Crippen molar-refractivity contribution < 1.29 is 13.9 Å². The average molecular weight is 591 g/mol. The van der Waals surface area contributed by atoms with Gasteiger partial charge >= 0.3 is 6.01 Å². The van der Waals surface area contributed by atoms with Crippen molar-refractivity contribution in [1.82, 2.24) is 30.0 Å². The second-order valence-corrected chi connectivity index (χ2v) is 11.7. The van der Waals surface area contributed by atoms with Gasteiger partial charge in [0.2, 0.25) is 5.91 Å². The molecule has 1 N–H and O–H groups in total. The fraction of sp³-hybridized carbons (Fsp3) is 0.364. The summed E-state index contributed by atoms with van der Waals surface area (Å²) in [7, 11) is 2.12. The first-order valence-corrected chi connectivity index (χ1v) is 15.0. The van der Waals surface area contributed by atoms with Gasteiger partial charge in [0, 0.05) is 36.4 Å². The van der Waals surface area contributed by atoms with E-state index in [4.69, 9.17) is 19.1 Å².